The molecule has 2 radical (unpaired) electrons. The van der Waals surface area contributed by atoms with Crippen molar-refractivity contribution in [3.05, 3.63) is 35.4 Å². The summed E-state index contributed by atoms with van der Waals surface area (Å²) in [6, 6.07) is 1.24. The summed E-state index contributed by atoms with van der Waals surface area (Å²) in [6.45, 7) is 7.34. The minimum atomic E-state index is -0.766. The number of hydrogen-bond acceptors (Lipinski definition) is 1. The first-order valence-corrected chi connectivity index (χ1v) is 5.92. The van der Waals surface area contributed by atoms with Crippen LogP contribution in [0.5, 0.6) is 5.75 Å². The van der Waals surface area contributed by atoms with Crippen LogP contribution in [-0.4, -0.2) is 15.0 Å². The van der Waals surface area contributed by atoms with Crippen LogP contribution >= 0.6 is 0 Å². The van der Waals surface area contributed by atoms with Crippen molar-refractivity contribution >= 4 is 13.9 Å². The Morgan fingerprint density at radius 3 is 2.33 bits per heavy atom. The number of rotatable bonds is 5. The van der Waals surface area contributed by atoms with E-state index in [-0.39, 0.29) is 5.56 Å². The monoisotopic (exact) mass is 250 g/mol. The second kappa shape index (κ2) is 5.55. The van der Waals surface area contributed by atoms with Crippen molar-refractivity contribution in [3.8, 4) is 5.75 Å². The van der Waals surface area contributed by atoms with Crippen LogP contribution in [0.2, 0.25) is 0 Å². The first-order chi connectivity index (χ1) is 8.45. The standard InChI is InChI=1S/C14H17BF2O/c1-5-9-10(14(15,6-2)7-3)8-11(16)13(18-4)12(9)17/h5,8H,1,6-7H2,2-4H3. The van der Waals surface area contributed by atoms with Crippen molar-refractivity contribution in [2.75, 3.05) is 7.11 Å². The fraction of sp³-hybridized carbons (Fsp3) is 0.429. The maximum atomic E-state index is 14.1. The van der Waals surface area contributed by atoms with E-state index in [2.05, 4.69) is 6.58 Å². The summed E-state index contributed by atoms with van der Waals surface area (Å²) >= 11 is 0. The molecule has 0 N–H and O–H groups in total. The topological polar surface area (TPSA) is 9.23 Å². The highest BCUT2D eigenvalue weighted by Gasteiger charge is 2.28. The van der Waals surface area contributed by atoms with E-state index in [4.69, 9.17) is 12.6 Å². The van der Waals surface area contributed by atoms with E-state index in [0.29, 0.717) is 18.4 Å². The van der Waals surface area contributed by atoms with E-state index in [9.17, 15) is 8.78 Å². The Bertz CT molecular complexity index is 454. The van der Waals surface area contributed by atoms with Crippen LogP contribution in [0.15, 0.2) is 12.6 Å². The maximum Gasteiger partial charge on any atom is 0.191 e. The molecule has 0 bridgehead atoms. The van der Waals surface area contributed by atoms with E-state index in [1.165, 1.54) is 19.3 Å². The van der Waals surface area contributed by atoms with Gasteiger partial charge in [-0.2, -0.15) is 0 Å². The molecule has 4 heteroatoms. The third kappa shape index (κ3) is 2.29. The van der Waals surface area contributed by atoms with Crippen LogP contribution in [0.1, 0.15) is 37.8 Å². The third-order valence-electron chi connectivity index (χ3n) is 3.42. The molecule has 0 aliphatic rings. The first kappa shape index (κ1) is 14.7. The Morgan fingerprint density at radius 2 is 1.94 bits per heavy atom. The summed E-state index contributed by atoms with van der Waals surface area (Å²) in [4.78, 5) is 0. The second-order valence-electron chi connectivity index (χ2n) is 4.23. The molecule has 0 heterocycles. The Balaban J connectivity index is 3.60. The SMILES string of the molecule is [B]C(CC)(CC)c1cc(F)c(OC)c(F)c1C=C. The zero-order chi connectivity index (χ0) is 13.9. The van der Waals surface area contributed by atoms with Crippen LogP contribution in [0.4, 0.5) is 8.78 Å². The molecule has 0 atom stereocenters. The van der Waals surface area contributed by atoms with Crippen molar-refractivity contribution in [2.24, 2.45) is 0 Å². The Hall–Kier alpha value is -1.32. The molecule has 0 fully saturated rings. The van der Waals surface area contributed by atoms with E-state index >= 15 is 0 Å². The van der Waals surface area contributed by atoms with Gasteiger partial charge in [-0.1, -0.05) is 39.3 Å². The lowest BCUT2D eigenvalue weighted by Crippen LogP contribution is -2.26. The van der Waals surface area contributed by atoms with Crippen LogP contribution in [0.3, 0.4) is 0 Å². The van der Waals surface area contributed by atoms with Crippen LogP contribution in [0.25, 0.3) is 6.08 Å². The highest BCUT2D eigenvalue weighted by molar-refractivity contribution is 6.16. The van der Waals surface area contributed by atoms with Gasteiger partial charge in [0.25, 0.3) is 0 Å². The van der Waals surface area contributed by atoms with Gasteiger partial charge < -0.3 is 4.74 Å². The predicted octanol–water partition coefficient (Wildman–Crippen LogP) is 3.80. The molecule has 0 saturated carbocycles. The lowest BCUT2D eigenvalue weighted by atomic mass is 9.59. The first-order valence-electron chi connectivity index (χ1n) is 5.92. The van der Waals surface area contributed by atoms with Gasteiger partial charge in [-0.05, 0) is 16.9 Å². The minimum absolute atomic E-state index is 0.208. The van der Waals surface area contributed by atoms with Crippen LogP contribution in [0, 0.1) is 11.6 Å². The zero-order valence-corrected chi connectivity index (χ0v) is 11.0. The van der Waals surface area contributed by atoms with Crippen LogP contribution < -0.4 is 4.74 Å². The lowest BCUT2D eigenvalue weighted by molar-refractivity contribution is 0.357. The third-order valence-corrected chi connectivity index (χ3v) is 3.42. The highest BCUT2D eigenvalue weighted by atomic mass is 19.1. The van der Waals surface area contributed by atoms with Crippen LogP contribution in [-0.2, 0) is 5.31 Å². The smallest absolute Gasteiger partial charge is 0.191 e. The number of halogens is 2. The molecule has 1 aromatic carbocycles. The average molecular weight is 250 g/mol. The summed E-state index contributed by atoms with van der Waals surface area (Å²) in [7, 11) is 7.43. The van der Waals surface area contributed by atoms with Crippen molar-refractivity contribution < 1.29 is 13.5 Å². The van der Waals surface area contributed by atoms with Gasteiger partial charge in [0, 0.05) is 5.56 Å². The Labute approximate surface area is 108 Å². The van der Waals surface area contributed by atoms with Gasteiger partial charge in [-0.15, -0.1) is 0 Å². The fourth-order valence-electron chi connectivity index (χ4n) is 2.04. The molecular weight excluding hydrogens is 233 g/mol. The van der Waals surface area contributed by atoms with Gasteiger partial charge in [-0.3, -0.25) is 0 Å². The van der Waals surface area contributed by atoms with Gasteiger partial charge in [0.15, 0.2) is 17.4 Å². The fourth-order valence-corrected chi connectivity index (χ4v) is 2.04. The maximum absolute atomic E-state index is 14.1. The summed E-state index contributed by atoms with van der Waals surface area (Å²) in [5, 5.41) is -0.766. The second-order valence-corrected chi connectivity index (χ2v) is 4.23. The molecule has 0 saturated heterocycles. The molecule has 0 spiro atoms. The Kier molecular flexibility index (Phi) is 4.55. The molecule has 1 rings (SSSR count). The summed E-state index contributed by atoms with van der Waals surface area (Å²) in [6.07, 6.45) is 2.50. The number of ether oxygens (including phenoxy) is 1. The quantitative estimate of drug-likeness (QED) is 0.722. The molecule has 0 unspecified atom stereocenters. The van der Waals surface area contributed by atoms with Crippen molar-refractivity contribution in [1.29, 1.82) is 0 Å². The Morgan fingerprint density at radius 1 is 1.39 bits per heavy atom. The number of methoxy groups -OCH3 is 1. The molecule has 0 aliphatic carbocycles. The molecule has 96 valence electrons. The van der Waals surface area contributed by atoms with Gasteiger partial charge in [0.05, 0.1) is 15.0 Å². The summed E-state index contributed by atoms with van der Waals surface area (Å²) < 4.78 is 32.6. The van der Waals surface area contributed by atoms with E-state index in [0.717, 1.165) is 0 Å². The molecule has 0 aromatic heterocycles. The molecule has 0 aliphatic heterocycles. The van der Waals surface area contributed by atoms with E-state index in [1.54, 1.807) is 0 Å². The normalized spacial score (nSPS) is 11.4. The predicted molar refractivity (Wildman–Crippen MR) is 71.0 cm³/mol. The molecule has 1 aromatic rings. The van der Waals surface area contributed by atoms with Gasteiger partial charge in [-0.25, -0.2) is 8.78 Å². The molecule has 1 nitrogen and oxygen atoms in total. The largest absolute Gasteiger partial charge is 0.491 e. The van der Waals surface area contributed by atoms with Gasteiger partial charge >= 0.3 is 0 Å². The van der Waals surface area contributed by atoms with E-state index < -0.39 is 22.7 Å². The van der Waals surface area contributed by atoms with Crippen molar-refractivity contribution in [2.45, 2.75) is 32.0 Å². The van der Waals surface area contributed by atoms with Crippen molar-refractivity contribution in [1.82, 2.24) is 0 Å². The van der Waals surface area contributed by atoms with Crippen molar-refractivity contribution in [3.63, 3.8) is 0 Å². The molecule has 18 heavy (non-hydrogen) atoms. The summed E-state index contributed by atoms with van der Waals surface area (Å²) in [5.41, 5.74) is 0.637. The number of hydrogen-bond donors (Lipinski definition) is 0. The summed E-state index contributed by atoms with van der Waals surface area (Å²) in [5.74, 6) is -1.89. The minimum Gasteiger partial charge on any atom is -0.491 e. The highest BCUT2D eigenvalue weighted by Crippen LogP contribution is 2.37. The van der Waals surface area contributed by atoms with Gasteiger partial charge in [0.1, 0.15) is 0 Å². The number of benzene rings is 1. The average Bonchev–Trinajstić information content (AvgIpc) is 2.37. The molecular formula is C14H17BF2O. The lowest BCUT2D eigenvalue weighted by Gasteiger charge is -2.30. The zero-order valence-electron chi connectivity index (χ0n) is 11.0. The van der Waals surface area contributed by atoms with E-state index in [1.807, 2.05) is 13.8 Å². The molecule has 0 amide bonds. The van der Waals surface area contributed by atoms with Gasteiger partial charge in [0.2, 0.25) is 0 Å².